The molecule has 2 atom stereocenters. The van der Waals surface area contributed by atoms with E-state index in [1.54, 1.807) is 0 Å². The van der Waals surface area contributed by atoms with Gasteiger partial charge in [-0.05, 0) is 13.8 Å². The Hall–Kier alpha value is -0.810. The summed E-state index contributed by atoms with van der Waals surface area (Å²) in [6.07, 6.45) is -1.24. The lowest BCUT2D eigenvalue weighted by molar-refractivity contribution is -0.176. The first-order valence-electron chi connectivity index (χ1n) is 4.01. The maximum absolute atomic E-state index is 10.3. The van der Waals surface area contributed by atoms with Crippen molar-refractivity contribution in [2.45, 2.75) is 25.9 Å². The van der Waals surface area contributed by atoms with Gasteiger partial charge in [0.25, 0.3) is 0 Å². The van der Waals surface area contributed by atoms with Crippen LogP contribution in [-0.4, -0.2) is 41.5 Å². The molecule has 70 valence electrons. The summed E-state index contributed by atoms with van der Waals surface area (Å²) in [5.74, 6) is 0. The Balaban J connectivity index is 2.50. The van der Waals surface area contributed by atoms with E-state index in [0.717, 1.165) is 13.1 Å². The molecule has 1 aliphatic rings. The van der Waals surface area contributed by atoms with Crippen LogP contribution >= 0.6 is 0 Å². The average molecular weight is 174 g/mol. The van der Waals surface area contributed by atoms with Crippen molar-refractivity contribution >= 4 is 6.16 Å². The minimum Gasteiger partial charge on any atom is -0.448 e. The summed E-state index contributed by atoms with van der Waals surface area (Å²) in [5, 5.41) is 13.1. The summed E-state index contributed by atoms with van der Waals surface area (Å²) in [6.45, 7) is 5.37. The van der Waals surface area contributed by atoms with Crippen LogP contribution in [0, 0.1) is 0 Å². The number of carboxylic acid groups (broad SMARTS) is 1. The van der Waals surface area contributed by atoms with E-state index < -0.39 is 6.16 Å². The minimum atomic E-state index is -1.24. The Morgan fingerprint density at radius 3 is 2.42 bits per heavy atom. The van der Waals surface area contributed by atoms with Gasteiger partial charge in [-0.3, -0.25) is 0 Å². The zero-order valence-electron chi connectivity index (χ0n) is 7.28. The van der Waals surface area contributed by atoms with Crippen LogP contribution in [0.4, 0.5) is 4.79 Å². The Morgan fingerprint density at radius 2 is 2.00 bits per heavy atom. The third kappa shape index (κ3) is 2.09. The molecule has 0 saturated carbocycles. The van der Waals surface area contributed by atoms with Crippen molar-refractivity contribution < 1.29 is 14.7 Å². The molecule has 0 aliphatic carbocycles. The largest absolute Gasteiger partial charge is 0.525 e. The summed E-state index contributed by atoms with van der Waals surface area (Å²) in [5.41, 5.74) is 0. The third-order valence-corrected chi connectivity index (χ3v) is 1.93. The van der Waals surface area contributed by atoms with Gasteiger partial charge in [-0.25, -0.2) is 4.79 Å². The predicted octanol–water partition coefficient (Wildman–Crippen LogP) is 0.278. The molecule has 0 spiro atoms. The molecule has 0 aromatic carbocycles. The van der Waals surface area contributed by atoms with Gasteiger partial charge >= 0.3 is 6.16 Å². The van der Waals surface area contributed by atoms with Crippen molar-refractivity contribution in [3.05, 3.63) is 0 Å². The average Bonchev–Trinajstić information content (AvgIpc) is 1.97. The highest BCUT2D eigenvalue weighted by atomic mass is 16.8. The third-order valence-electron chi connectivity index (χ3n) is 1.93. The molecule has 0 aromatic heterocycles. The molecule has 1 rings (SSSR count). The molecule has 0 amide bonds. The van der Waals surface area contributed by atoms with Gasteiger partial charge in [0.1, 0.15) is 0 Å². The second kappa shape index (κ2) is 3.73. The normalized spacial score (nSPS) is 31.5. The van der Waals surface area contributed by atoms with Crippen molar-refractivity contribution in [2.75, 3.05) is 13.1 Å². The van der Waals surface area contributed by atoms with Crippen LogP contribution in [0.1, 0.15) is 13.8 Å². The minimum absolute atomic E-state index is 0.102. The van der Waals surface area contributed by atoms with Crippen LogP contribution in [0.3, 0.4) is 0 Å². The van der Waals surface area contributed by atoms with E-state index in [2.05, 4.69) is 10.2 Å². The van der Waals surface area contributed by atoms with E-state index in [9.17, 15) is 4.79 Å². The SMILES string of the molecule is C[C@@H]1CNC[C@H](C)N1OC(=O)O. The first kappa shape index (κ1) is 9.28. The smallest absolute Gasteiger partial charge is 0.448 e. The van der Waals surface area contributed by atoms with Gasteiger partial charge in [-0.1, -0.05) is 0 Å². The Bertz CT molecular complexity index is 164. The fourth-order valence-corrected chi connectivity index (χ4v) is 1.39. The van der Waals surface area contributed by atoms with Gasteiger partial charge in [0.2, 0.25) is 0 Å². The number of nitrogens with zero attached hydrogens (tertiary/aromatic N) is 1. The topological polar surface area (TPSA) is 61.8 Å². The van der Waals surface area contributed by atoms with E-state index in [0.29, 0.717) is 0 Å². The molecular formula is C7H14N2O3. The lowest BCUT2D eigenvalue weighted by Crippen LogP contribution is -2.55. The van der Waals surface area contributed by atoms with E-state index in [-0.39, 0.29) is 12.1 Å². The predicted molar refractivity (Wildman–Crippen MR) is 42.7 cm³/mol. The summed E-state index contributed by atoms with van der Waals surface area (Å²) >= 11 is 0. The maximum atomic E-state index is 10.3. The fourth-order valence-electron chi connectivity index (χ4n) is 1.39. The zero-order valence-corrected chi connectivity index (χ0v) is 7.28. The number of nitrogens with one attached hydrogen (secondary N) is 1. The van der Waals surface area contributed by atoms with Crippen LogP contribution in [0.5, 0.6) is 0 Å². The Morgan fingerprint density at radius 1 is 1.50 bits per heavy atom. The number of piperazine rings is 1. The van der Waals surface area contributed by atoms with E-state index in [4.69, 9.17) is 5.11 Å². The number of rotatable bonds is 1. The highest BCUT2D eigenvalue weighted by molar-refractivity contribution is 5.56. The maximum Gasteiger partial charge on any atom is 0.525 e. The van der Waals surface area contributed by atoms with E-state index in [1.165, 1.54) is 5.06 Å². The molecule has 1 heterocycles. The van der Waals surface area contributed by atoms with Crippen molar-refractivity contribution in [1.29, 1.82) is 0 Å². The monoisotopic (exact) mass is 174 g/mol. The molecule has 0 radical (unpaired) electrons. The molecule has 0 unspecified atom stereocenters. The van der Waals surface area contributed by atoms with E-state index in [1.807, 2.05) is 13.8 Å². The second-order valence-corrected chi connectivity index (χ2v) is 3.07. The number of hydrogen-bond acceptors (Lipinski definition) is 4. The highest BCUT2D eigenvalue weighted by Gasteiger charge is 2.27. The van der Waals surface area contributed by atoms with Crippen LogP contribution in [0.25, 0.3) is 0 Å². The molecule has 0 aromatic rings. The van der Waals surface area contributed by atoms with Gasteiger partial charge in [0, 0.05) is 13.1 Å². The second-order valence-electron chi connectivity index (χ2n) is 3.07. The summed E-state index contributed by atoms with van der Waals surface area (Å²) < 4.78 is 0. The standard InChI is InChI=1S/C7H14N2O3/c1-5-3-8-4-6(2)9(5)12-7(10)11/h5-6,8H,3-4H2,1-2H3,(H,10,11)/t5-,6+. The van der Waals surface area contributed by atoms with Crippen LogP contribution in [0.15, 0.2) is 0 Å². The number of hydrogen-bond donors (Lipinski definition) is 2. The van der Waals surface area contributed by atoms with Crippen LogP contribution < -0.4 is 5.32 Å². The molecule has 1 aliphatic heterocycles. The molecule has 1 saturated heterocycles. The number of hydroxylamine groups is 2. The van der Waals surface area contributed by atoms with Crippen LogP contribution in [-0.2, 0) is 4.84 Å². The first-order chi connectivity index (χ1) is 5.61. The van der Waals surface area contributed by atoms with Gasteiger partial charge in [-0.15, -0.1) is 5.06 Å². The molecule has 2 N–H and O–H groups in total. The fraction of sp³-hybridized carbons (Fsp3) is 0.857. The highest BCUT2D eigenvalue weighted by Crippen LogP contribution is 2.09. The van der Waals surface area contributed by atoms with Crippen molar-refractivity contribution in [1.82, 2.24) is 10.4 Å². The van der Waals surface area contributed by atoms with Gasteiger partial charge in [0.05, 0.1) is 12.1 Å². The summed E-state index contributed by atoms with van der Waals surface area (Å²) in [7, 11) is 0. The molecular weight excluding hydrogens is 160 g/mol. The summed E-state index contributed by atoms with van der Waals surface area (Å²) in [4.78, 5) is 14.9. The molecule has 5 nitrogen and oxygen atoms in total. The molecule has 1 fully saturated rings. The van der Waals surface area contributed by atoms with Crippen molar-refractivity contribution in [3.63, 3.8) is 0 Å². The quantitative estimate of drug-likeness (QED) is 0.597. The molecule has 0 bridgehead atoms. The molecule has 5 heteroatoms. The van der Waals surface area contributed by atoms with Gasteiger partial charge < -0.3 is 15.3 Å². The van der Waals surface area contributed by atoms with Crippen LogP contribution in [0.2, 0.25) is 0 Å². The Labute approximate surface area is 71.3 Å². The van der Waals surface area contributed by atoms with E-state index >= 15 is 0 Å². The van der Waals surface area contributed by atoms with Gasteiger partial charge in [0.15, 0.2) is 0 Å². The zero-order chi connectivity index (χ0) is 9.14. The van der Waals surface area contributed by atoms with Gasteiger partial charge in [-0.2, -0.15) is 0 Å². The Kier molecular flexibility index (Phi) is 2.88. The lowest BCUT2D eigenvalue weighted by Gasteiger charge is -2.36. The van der Waals surface area contributed by atoms with Crippen molar-refractivity contribution in [2.24, 2.45) is 0 Å². The molecule has 12 heavy (non-hydrogen) atoms. The summed E-state index contributed by atoms with van der Waals surface area (Å²) in [6, 6.07) is 0.203. The first-order valence-corrected chi connectivity index (χ1v) is 4.01. The number of carbonyl (C=O) groups is 1. The lowest BCUT2D eigenvalue weighted by atomic mass is 10.2. The van der Waals surface area contributed by atoms with Crippen molar-refractivity contribution in [3.8, 4) is 0 Å².